The van der Waals surface area contributed by atoms with Crippen molar-refractivity contribution in [3.8, 4) is 0 Å². The zero-order chi connectivity index (χ0) is 14.2. The number of nitrogens with one attached hydrogen (secondary N) is 1. The smallest absolute Gasteiger partial charge is 0.252 e. The van der Waals surface area contributed by atoms with Crippen LogP contribution in [0, 0.1) is 13.8 Å². The third-order valence-corrected chi connectivity index (χ3v) is 3.28. The molecule has 0 unspecified atom stereocenters. The summed E-state index contributed by atoms with van der Waals surface area (Å²) in [6.07, 6.45) is 0.308. The number of aromatic nitrogens is 1. The van der Waals surface area contributed by atoms with Gasteiger partial charge in [0.1, 0.15) is 5.54 Å². The Kier molecular flexibility index (Phi) is 3.30. The summed E-state index contributed by atoms with van der Waals surface area (Å²) in [5.74, 6) is -0.203. The Morgan fingerprint density at radius 3 is 2.58 bits per heavy atom. The lowest BCUT2D eigenvalue weighted by atomic mass is 10.0. The minimum Gasteiger partial charge on any atom is -0.342 e. The Bertz CT molecular complexity index is 537. The molecule has 0 spiro atoms. The summed E-state index contributed by atoms with van der Waals surface area (Å²) in [4.78, 5) is 30.2. The number of anilines is 1. The summed E-state index contributed by atoms with van der Waals surface area (Å²) < 4.78 is 0. The Balaban J connectivity index is 2.42. The van der Waals surface area contributed by atoms with Crippen molar-refractivity contribution in [1.29, 1.82) is 0 Å². The summed E-state index contributed by atoms with van der Waals surface area (Å²) in [5.41, 5.74) is 1.61. The van der Waals surface area contributed by atoms with Crippen LogP contribution in [0.25, 0.3) is 0 Å². The van der Waals surface area contributed by atoms with Gasteiger partial charge in [0.2, 0.25) is 5.91 Å². The monoisotopic (exact) mass is 261 g/mol. The van der Waals surface area contributed by atoms with Crippen LogP contribution in [0.15, 0.2) is 12.1 Å². The molecule has 0 radical (unpaired) electrons. The molecule has 2 rings (SSSR count). The second kappa shape index (κ2) is 4.64. The van der Waals surface area contributed by atoms with E-state index in [1.54, 1.807) is 18.7 Å². The van der Waals surface area contributed by atoms with Crippen LogP contribution in [0.5, 0.6) is 0 Å². The number of hydrogen-bond donors (Lipinski definition) is 1. The van der Waals surface area contributed by atoms with Gasteiger partial charge in [0.25, 0.3) is 5.91 Å². The first-order valence-electron chi connectivity index (χ1n) is 6.38. The third kappa shape index (κ3) is 2.59. The number of nitrogens with zero attached hydrogens (tertiary/aromatic N) is 2. The molecule has 1 N–H and O–H groups in total. The van der Waals surface area contributed by atoms with Gasteiger partial charge in [-0.2, -0.15) is 0 Å². The van der Waals surface area contributed by atoms with Crippen LogP contribution in [0.1, 0.15) is 31.7 Å². The Morgan fingerprint density at radius 2 is 1.95 bits per heavy atom. The molecule has 102 valence electrons. The van der Waals surface area contributed by atoms with Gasteiger partial charge in [-0.05, 0) is 39.8 Å². The van der Waals surface area contributed by atoms with E-state index < -0.39 is 5.54 Å². The van der Waals surface area contributed by atoms with Crippen LogP contribution in [0.3, 0.4) is 0 Å². The van der Waals surface area contributed by atoms with Gasteiger partial charge in [-0.1, -0.05) is 0 Å². The molecular formula is C14H19N3O2. The minimum absolute atomic E-state index is 0.0985. The topological polar surface area (TPSA) is 62.3 Å². The van der Waals surface area contributed by atoms with Crippen molar-refractivity contribution in [2.45, 2.75) is 39.7 Å². The van der Waals surface area contributed by atoms with E-state index in [0.717, 1.165) is 17.1 Å². The van der Waals surface area contributed by atoms with Crippen molar-refractivity contribution in [2.24, 2.45) is 0 Å². The molecule has 0 saturated carbocycles. The molecule has 5 heteroatoms. The van der Waals surface area contributed by atoms with E-state index in [-0.39, 0.29) is 11.8 Å². The fraction of sp³-hybridized carbons (Fsp3) is 0.500. The van der Waals surface area contributed by atoms with Crippen molar-refractivity contribution in [2.75, 3.05) is 11.4 Å². The predicted molar refractivity (Wildman–Crippen MR) is 72.9 cm³/mol. The molecule has 0 aromatic carbocycles. The van der Waals surface area contributed by atoms with Gasteiger partial charge in [-0.3, -0.25) is 14.6 Å². The van der Waals surface area contributed by atoms with Gasteiger partial charge in [-0.25, -0.2) is 0 Å². The highest BCUT2D eigenvalue weighted by atomic mass is 16.2. The highest BCUT2D eigenvalue weighted by Crippen LogP contribution is 2.24. The first-order valence-corrected chi connectivity index (χ1v) is 6.38. The molecule has 1 fully saturated rings. The van der Waals surface area contributed by atoms with Crippen LogP contribution >= 0.6 is 0 Å². The van der Waals surface area contributed by atoms with E-state index in [1.165, 1.54) is 0 Å². The molecule has 19 heavy (non-hydrogen) atoms. The quantitative estimate of drug-likeness (QED) is 0.829. The highest BCUT2D eigenvalue weighted by Gasteiger charge is 2.37. The molecule has 1 aromatic heterocycles. The lowest BCUT2D eigenvalue weighted by molar-refractivity contribution is -0.128. The van der Waals surface area contributed by atoms with E-state index in [9.17, 15) is 9.59 Å². The Morgan fingerprint density at radius 1 is 1.26 bits per heavy atom. The van der Waals surface area contributed by atoms with Crippen molar-refractivity contribution in [3.63, 3.8) is 0 Å². The lowest BCUT2D eigenvalue weighted by Crippen LogP contribution is -2.53. The summed E-state index contributed by atoms with van der Waals surface area (Å²) in [6, 6.07) is 3.77. The normalized spacial score (nSPS) is 19.1. The zero-order valence-electron chi connectivity index (χ0n) is 11.8. The first kappa shape index (κ1) is 13.5. The fourth-order valence-corrected chi connectivity index (χ4v) is 2.31. The lowest BCUT2D eigenvalue weighted by Gasteiger charge is -2.29. The maximum Gasteiger partial charge on any atom is 0.252 e. The van der Waals surface area contributed by atoms with Gasteiger partial charge in [0, 0.05) is 18.7 Å². The van der Waals surface area contributed by atoms with E-state index in [0.29, 0.717) is 13.0 Å². The Hall–Kier alpha value is -1.91. The SMILES string of the molecule is Cc1ccc(N2CCC(=O)NC(C)(C)C2=O)c(C)n1. The number of rotatable bonds is 1. The number of pyridine rings is 1. The van der Waals surface area contributed by atoms with Crippen LogP contribution in [0.2, 0.25) is 0 Å². The second-order valence-corrected chi connectivity index (χ2v) is 5.44. The van der Waals surface area contributed by atoms with Gasteiger partial charge < -0.3 is 10.2 Å². The maximum atomic E-state index is 12.5. The van der Waals surface area contributed by atoms with E-state index in [1.807, 2.05) is 26.0 Å². The zero-order valence-corrected chi connectivity index (χ0v) is 11.8. The molecule has 0 aliphatic carbocycles. The molecule has 0 bridgehead atoms. The van der Waals surface area contributed by atoms with Crippen molar-refractivity contribution >= 4 is 17.5 Å². The summed E-state index contributed by atoms with van der Waals surface area (Å²) >= 11 is 0. The van der Waals surface area contributed by atoms with E-state index in [4.69, 9.17) is 0 Å². The third-order valence-electron chi connectivity index (χ3n) is 3.28. The minimum atomic E-state index is -0.884. The van der Waals surface area contributed by atoms with Crippen molar-refractivity contribution in [1.82, 2.24) is 10.3 Å². The van der Waals surface area contributed by atoms with Gasteiger partial charge in [0.05, 0.1) is 11.4 Å². The summed E-state index contributed by atoms with van der Waals surface area (Å²) in [7, 11) is 0. The molecule has 1 aliphatic rings. The largest absolute Gasteiger partial charge is 0.342 e. The summed E-state index contributed by atoms with van der Waals surface area (Å²) in [6.45, 7) is 7.63. The van der Waals surface area contributed by atoms with E-state index >= 15 is 0 Å². The maximum absolute atomic E-state index is 12.5. The summed E-state index contributed by atoms with van der Waals surface area (Å²) in [5, 5.41) is 2.75. The number of amides is 2. The Labute approximate surface area is 113 Å². The molecular weight excluding hydrogens is 242 g/mol. The van der Waals surface area contributed by atoms with Crippen molar-refractivity contribution < 1.29 is 9.59 Å². The van der Waals surface area contributed by atoms with Gasteiger partial charge in [0.15, 0.2) is 0 Å². The van der Waals surface area contributed by atoms with Crippen molar-refractivity contribution in [3.05, 3.63) is 23.5 Å². The highest BCUT2D eigenvalue weighted by molar-refractivity contribution is 6.03. The predicted octanol–water partition coefficient (Wildman–Crippen LogP) is 1.33. The average Bonchev–Trinajstić information content (AvgIpc) is 2.38. The van der Waals surface area contributed by atoms with Crippen LogP contribution in [0.4, 0.5) is 5.69 Å². The number of carbonyl (C=O) groups is 2. The fourth-order valence-electron chi connectivity index (χ4n) is 2.31. The molecule has 1 aromatic rings. The van der Waals surface area contributed by atoms with Crippen LogP contribution in [-0.2, 0) is 9.59 Å². The number of hydrogen-bond acceptors (Lipinski definition) is 3. The first-order chi connectivity index (χ1) is 8.81. The van der Waals surface area contributed by atoms with Gasteiger partial charge in [-0.15, -0.1) is 0 Å². The molecule has 2 amide bonds. The molecule has 0 atom stereocenters. The number of carbonyl (C=O) groups excluding carboxylic acids is 2. The number of aryl methyl sites for hydroxylation is 2. The van der Waals surface area contributed by atoms with Crippen LogP contribution in [-0.4, -0.2) is 28.9 Å². The standard InChI is InChI=1S/C14H19N3O2/c1-9-5-6-11(10(2)15-9)17-8-7-12(18)16-14(3,4)13(17)19/h5-6H,7-8H2,1-4H3,(H,16,18). The second-order valence-electron chi connectivity index (χ2n) is 5.44. The molecule has 2 heterocycles. The van der Waals surface area contributed by atoms with E-state index in [2.05, 4.69) is 10.3 Å². The average molecular weight is 261 g/mol. The van der Waals surface area contributed by atoms with Crippen LogP contribution < -0.4 is 10.2 Å². The molecule has 5 nitrogen and oxygen atoms in total. The van der Waals surface area contributed by atoms with Gasteiger partial charge >= 0.3 is 0 Å². The molecule has 1 saturated heterocycles. The molecule has 1 aliphatic heterocycles.